The van der Waals surface area contributed by atoms with Crippen molar-refractivity contribution in [3.8, 4) is 23.7 Å². The Morgan fingerprint density at radius 1 is 0.941 bits per heavy atom. The van der Waals surface area contributed by atoms with E-state index in [0.29, 0.717) is 0 Å². The van der Waals surface area contributed by atoms with E-state index in [4.69, 9.17) is 0 Å². The van der Waals surface area contributed by atoms with E-state index in [1.807, 2.05) is 6.08 Å². The van der Waals surface area contributed by atoms with E-state index in [1.165, 1.54) is 32.1 Å². The minimum absolute atomic E-state index is 0.996. The van der Waals surface area contributed by atoms with E-state index in [2.05, 4.69) is 55.9 Å². The van der Waals surface area contributed by atoms with Crippen LogP contribution in [0.1, 0.15) is 45.4 Å². The minimum Gasteiger partial charge on any atom is -0.0891 e. The zero-order chi connectivity index (χ0) is 13.0. The van der Waals surface area contributed by atoms with Crippen molar-refractivity contribution in [1.29, 1.82) is 0 Å². The van der Waals surface area contributed by atoms with Crippen LogP contribution in [0.15, 0.2) is 11.8 Å². The van der Waals surface area contributed by atoms with Crippen LogP contribution in [0.4, 0.5) is 0 Å². The fourth-order valence-electron chi connectivity index (χ4n) is 1.29. The maximum absolute atomic E-state index is 3.11. The number of hydrogen-bond acceptors (Lipinski definition) is 0. The summed E-state index contributed by atoms with van der Waals surface area (Å²) >= 11 is 0. The largest absolute Gasteiger partial charge is 0.0891 e. The van der Waals surface area contributed by atoms with Gasteiger partial charge >= 0.3 is 0 Å². The second kappa shape index (κ2) is 10.2. The van der Waals surface area contributed by atoms with Crippen molar-refractivity contribution in [2.24, 2.45) is 0 Å². The van der Waals surface area contributed by atoms with E-state index in [1.54, 1.807) is 0 Å². The van der Waals surface area contributed by atoms with Crippen molar-refractivity contribution in [3.63, 3.8) is 0 Å². The van der Waals surface area contributed by atoms with Gasteiger partial charge in [-0.05, 0) is 24.3 Å². The maximum atomic E-state index is 3.11. The molecule has 0 spiro atoms. The highest BCUT2D eigenvalue weighted by molar-refractivity contribution is 6.81. The van der Waals surface area contributed by atoms with Gasteiger partial charge in [-0.1, -0.05) is 69.8 Å². The third-order valence-corrected chi connectivity index (χ3v) is 3.46. The smallest absolute Gasteiger partial charge is 0.0695 e. The molecule has 0 bridgehead atoms. The molecule has 0 aliphatic carbocycles. The zero-order valence-electron chi connectivity index (χ0n) is 11.9. The molecule has 0 amide bonds. The highest BCUT2D eigenvalue weighted by Crippen LogP contribution is 2.03. The normalized spacial score (nSPS) is 10.6. The molecule has 0 aromatic heterocycles. The predicted molar refractivity (Wildman–Crippen MR) is 81.4 cm³/mol. The van der Waals surface area contributed by atoms with Crippen molar-refractivity contribution in [3.05, 3.63) is 11.8 Å². The summed E-state index contributed by atoms with van der Waals surface area (Å²) in [6, 6.07) is 0. The lowest BCUT2D eigenvalue weighted by molar-refractivity contribution is 0.641. The molecule has 94 valence electrons. The third kappa shape index (κ3) is 15.1. The summed E-state index contributed by atoms with van der Waals surface area (Å²) in [5.41, 5.74) is 2.24. The summed E-state index contributed by atoms with van der Waals surface area (Å²) in [7, 11) is -1.08. The highest BCUT2D eigenvalue weighted by Gasteiger charge is 2.05. The van der Waals surface area contributed by atoms with Crippen molar-refractivity contribution < 1.29 is 0 Å². The van der Waals surface area contributed by atoms with Crippen molar-refractivity contribution in [2.75, 3.05) is 0 Å². The van der Waals surface area contributed by atoms with Crippen LogP contribution in [0.5, 0.6) is 0 Å². The average Bonchev–Trinajstić information content (AvgIpc) is 2.24. The first-order valence-electron chi connectivity index (χ1n) is 6.72. The van der Waals surface area contributed by atoms with Gasteiger partial charge < -0.3 is 0 Å². The Morgan fingerprint density at radius 2 is 1.65 bits per heavy atom. The first-order chi connectivity index (χ1) is 8.06. The predicted octanol–water partition coefficient (Wildman–Crippen LogP) is 4.79. The molecule has 0 aliphatic rings. The fourth-order valence-corrected chi connectivity index (χ4v) is 1.88. The number of hydrogen-bond donors (Lipinski definition) is 0. The van der Waals surface area contributed by atoms with Crippen LogP contribution in [0.25, 0.3) is 0 Å². The SMILES string of the molecule is CCCCCCCC#CC#CC=C[Si](C)(C)C. The van der Waals surface area contributed by atoms with E-state index in [-0.39, 0.29) is 0 Å². The molecule has 0 rings (SSSR count). The zero-order valence-corrected chi connectivity index (χ0v) is 12.9. The number of rotatable bonds is 6. The van der Waals surface area contributed by atoms with Gasteiger partial charge in [0, 0.05) is 6.42 Å². The second-order valence-electron chi connectivity index (χ2n) is 5.43. The van der Waals surface area contributed by atoms with Crippen LogP contribution in [0.3, 0.4) is 0 Å². The van der Waals surface area contributed by atoms with Crippen LogP contribution in [0.2, 0.25) is 19.6 Å². The molecule has 0 aliphatic heterocycles. The molecule has 0 aromatic carbocycles. The molecular weight excluding hydrogens is 220 g/mol. The molecule has 0 saturated heterocycles. The van der Waals surface area contributed by atoms with Gasteiger partial charge in [0.15, 0.2) is 0 Å². The molecule has 0 fully saturated rings. The van der Waals surface area contributed by atoms with Crippen LogP contribution >= 0.6 is 0 Å². The standard InChI is InChI=1S/C16H26Si/c1-5-6-7-8-9-10-11-12-13-14-15-16-17(2,3)4/h15-16H,5-10H2,1-4H3. The monoisotopic (exact) mass is 246 g/mol. The Bertz CT molecular complexity index is 322. The van der Waals surface area contributed by atoms with E-state index >= 15 is 0 Å². The second-order valence-corrected chi connectivity index (χ2v) is 10.5. The van der Waals surface area contributed by atoms with Gasteiger partial charge in [0.05, 0.1) is 8.07 Å². The summed E-state index contributed by atoms with van der Waals surface area (Å²) in [4.78, 5) is 0. The molecule has 0 saturated carbocycles. The van der Waals surface area contributed by atoms with Gasteiger partial charge in [0.2, 0.25) is 0 Å². The molecule has 0 atom stereocenters. The molecule has 0 N–H and O–H groups in total. The van der Waals surface area contributed by atoms with Gasteiger partial charge in [-0.25, -0.2) is 0 Å². The van der Waals surface area contributed by atoms with Gasteiger partial charge in [-0.3, -0.25) is 0 Å². The minimum atomic E-state index is -1.08. The Labute approximate surface area is 109 Å². The molecular formula is C16H26Si. The van der Waals surface area contributed by atoms with Crippen molar-refractivity contribution >= 4 is 8.07 Å². The first kappa shape index (κ1) is 16.1. The summed E-state index contributed by atoms with van der Waals surface area (Å²) < 4.78 is 0. The van der Waals surface area contributed by atoms with Crippen LogP contribution < -0.4 is 0 Å². The van der Waals surface area contributed by atoms with E-state index in [0.717, 1.165) is 6.42 Å². The number of allylic oxidation sites excluding steroid dienone is 1. The molecule has 1 heteroatoms. The molecule has 0 nitrogen and oxygen atoms in total. The molecule has 17 heavy (non-hydrogen) atoms. The van der Waals surface area contributed by atoms with Crippen molar-refractivity contribution in [1.82, 2.24) is 0 Å². The first-order valence-corrected chi connectivity index (χ1v) is 10.3. The van der Waals surface area contributed by atoms with Crippen LogP contribution in [-0.4, -0.2) is 8.07 Å². The van der Waals surface area contributed by atoms with Gasteiger partial charge in [-0.15, -0.1) is 0 Å². The molecule has 0 heterocycles. The topological polar surface area (TPSA) is 0 Å². The molecule has 0 radical (unpaired) electrons. The molecule has 0 unspecified atom stereocenters. The lowest BCUT2D eigenvalue weighted by atomic mass is 10.1. The third-order valence-electron chi connectivity index (χ3n) is 2.30. The molecule has 0 aromatic rings. The van der Waals surface area contributed by atoms with Crippen molar-refractivity contribution in [2.45, 2.75) is 65.1 Å². The Kier molecular flexibility index (Phi) is 9.69. The quantitative estimate of drug-likeness (QED) is 0.359. The summed E-state index contributed by atoms with van der Waals surface area (Å²) in [5.74, 6) is 11.9. The van der Waals surface area contributed by atoms with Gasteiger partial charge in [0.1, 0.15) is 0 Å². The summed E-state index contributed by atoms with van der Waals surface area (Å²) in [5, 5.41) is 0. The Morgan fingerprint density at radius 3 is 2.29 bits per heavy atom. The van der Waals surface area contributed by atoms with Gasteiger partial charge in [-0.2, -0.15) is 0 Å². The highest BCUT2D eigenvalue weighted by atomic mass is 28.3. The lowest BCUT2D eigenvalue weighted by Crippen LogP contribution is -2.14. The average molecular weight is 246 g/mol. The summed E-state index contributed by atoms with van der Waals surface area (Å²) in [6.07, 6.45) is 9.50. The van der Waals surface area contributed by atoms with Crippen LogP contribution in [-0.2, 0) is 0 Å². The maximum Gasteiger partial charge on any atom is 0.0695 e. The Balaban J connectivity index is 3.62. The number of unbranched alkanes of at least 4 members (excludes halogenated alkanes) is 5. The summed E-state index contributed by atoms with van der Waals surface area (Å²) in [6.45, 7) is 9.14. The Hall–Kier alpha value is -0.923. The van der Waals surface area contributed by atoms with Gasteiger partial charge in [0.25, 0.3) is 0 Å². The van der Waals surface area contributed by atoms with E-state index in [9.17, 15) is 0 Å². The fraction of sp³-hybridized carbons (Fsp3) is 0.625. The van der Waals surface area contributed by atoms with Crippen LogP contribution in [0, 0.1) is 23.7 Å². The lowest BCUT2D eigenvalue weighted by Gasteiger charge is -2.05. The van der Waals surface area contributed by atoms with E-state index < -0.39 is 8.07 Å².